The smallest absolute Gasteiger partial charge is 0.316 e. The van der Waals surface area contributed by atoms with E-state index < -0.39 is 0 Å². The summed E-state index contributed by atoms with van der Waals surface area (Å²) in [5.74, 6) is 0.858. The summed E-state index contributed by atoms with van der Waals surface area (Å²) in [6.45, 7) is 3.71. The molecule has 0 saturated heterocycles. The fraction of sp³-hybridized carbons (Fsp3) is 0.556. The summed E-state index contributed by atoms with van der Waals surface area (Å²) in [6.07, 6.45) is 9.42. The second kappa shape index (κ2) is 8.47. The van der Waals surface area contributed by atoms with Crippen molar-refractivity contribution in [3.05, 3.63) is 24.5 Å². The molecule has 1 aliphatic rings. The predicted octanol–water partition coefficient (Wildman–Crippen LogP) is 3.89. The summed E-state index contributed by atoms with van der Waals surface area (Å²) in [4.78, 5) is 16.1. The summed E-state index contributed by atoms with van der Waals surface area (Å²) in [6, 6.07) is 4.28. The molecule has 0 spiro atoms. The maximum absolute atomic E-state index is 11.9. The zero-order valence-corrected chi connectivity index (χ0v) is 15.5. The van der Waals surface area contributed by atoms with Crippen LogP contribution in [0.4, 0.5) is 0 Å². The van der Waals surface area contributed by atoms with Gasteiger partial charge >= 0.3 is 5.97 Å². The Bertz CT molecular complexity index is 696. The van der Waals surface area contributed by atoms with Crippen LogP contribution in [0.25, 0.3) is 11.4 Å². The molecule has 0 N–H and O–H groups in total. The highest BCUT2D eigenvalue weighted by atomic mass is 32.2. The van der Waals surface area contributed by atoms with E-state index in [0.717, 1.165) is 29.4 Å². The van der Waals surface area contributed by atoms with Gasteiger partial charge in [0.15, 0.2) is 11.0 Å². The largest absolute Gasteiger partial charge is 0.462 e. The van der Waals surface area contributed by atoms with E-state index in [4.69, 9.17) is 4.74 Å². The second-order valence-electron chi connectivity index (χ2n) is 6.54. The van der Waals surface area contributed by atoms with E-state index in [2.05, 4.69) is 19.7 Å². The number of pyridine rings is 1. The summed E-state index contributed by atoms with van der Waals surface area (Å²) in [5, 5.41) is 9.54. The molecule has 0 atom stereocenters. The Hall–Kier alpha value is -1.89. The van der Waals surface area contributed by atoms with Gasteiger partial charge in [-0.2, -0.15) is 0 Å². The minimum absolute atomic E-state index is 0.102. The lowest BCUT2D eigenvalue weighted by atomic mass is 9.95. The Balaban J connectivity index is 1.84. The van der Waals surface area contributed by atoms with Crippen molar-refractivity contribution in [1.82, 2.24) is 19.7 Å². The van der Waals surface area contributed by atoms with Gasteiger partial charge in [-0.05, 0) is 38.8 Å². The van der Waals surface area contributed by atoms with Crippen molar-refractivity contribution in [1.29, 1.82) is 0 Å². The zero-order chi connectivity index (χ0) is 17.6. The van der Waals surface area contributed by atoms with Crippen LogP contribution >= 0.6 is 11.8 Å². The molecular formula is C18H24N4O2S. The number of aromatic nitrogens is 4. The molecule has 2 heterocycles. The average Bonchev–Trinajstić information content (AvgIpc) is 3.05. The number of carbonyl (C=O) groups excluding carboxylic acids is 1. The third-order valence-electron chi connectivity index (χ3n) is 4.21. The van der Waals surface area contributed by atoms with E-state index in [-0.39, 0.29) is 17.8 Å². The van der Waals surface area contributed by atoms with Gasteiger partial charge in [0.25, 0.3) is 0 Å². The van der Waals surface area contributed by atoms with Gasteiger partial charge in [0, 0.05) is 24.0 Å². The molecule has 134 valence electrons. The van der Waals surface area contributed by atoms with E-state index >= 15 is 0 Å². The molecule has 25 heavy (non-hydrogen) atoms. The SMILES string of the molecule is CC(C)OC(=O)CSc1nnc(-c2cccnc2)n1C1CCCCC1. The van der Waals surface area contributed by atoms with E-state index in [1.165, 1.54) is 31.0 Å². The number of hydrogen-bond donors (Lipinski definition) is 0. The fourth-order valence-corrected chi connectivity index (χ4v) is 3.94. The lowest BCUT2D eigenvalue weighted by Gasteiger charge is -2.25. The van der Waals surface area contributed by atoms with Crippen LogP contribution in [0.2, 0.25) is 0 Å². The number of carbonyl (C=O) groups is 1. The van der Waals surface area contributed by atoms with Gasteiger partial charge in [0.2, 0.25) is 0 Å². The molecule has 2 aromatic heterocycles. The molecule has 0 amide bonds. The van der Waals surface area contributed by atoms with Gasteiger partial charge in [-0.1, -0.05) is 31.0 Å². The highest BCUT2D eigenvalue weighted by Crippen LogP contribution is 2.35. The first kappa shape index (κ1) is 17.9. The van der Waals surface area contributed by atoms with Gasteiger partial charge in [-0.15, -0.1) is 10.2 Å². The minimum atomic E-state index is -0.221. The molecule has 0 bridgehead atoms. The van der Waals surface area contributed by atoms with E-state index in [1.54, 1.807) is 6.20 Å². The molecule has 0 radical (unpaired) electrons. The van der Waals surface area contributed by atoms with Crippen LogP contribution in [0, 0.1) is 0 Å². The number of thioether (sulfide) groups is 1. The molecule has 1 saturated carbocycles. The van der Waals surface area contributed by atoms with Crippen molar-refractivity contribution in [3.63, 3.8) is 0 Å². The van der Waals surface area contributed by atoms with Crippen molar-refractivity contribution in [2.75, 3.05) is 5.75 Å². The van der Waals surface area contributed by atoms with Crippen LogP contribution in [0.15, 0.2) is 29.7 Å². The normalized spacial score (nSPS) is 15.5. The van der Waals surface area contributed by atoms with Crippen molar-refractivity contribution >= 4 is 17.7 Å². The third-order valence-corrected chi connectivity index (χ3v) is 5.13. The van der Waals surface area contributed by atoms with Crippen molar-refractivity contribution in [2.45, 2.75) is 63.3 Å². The van der Waals surface area contributed by atoms with Crippen molar-refractivity contribution in [3.8, 4) is 11.4 Å². The van der Waals surface area contributed by atoms with E-state index in [1.807, 2.05) is 32.2 Å². The Kier molecular flexibility index (Phi) is 6.07. The molecule has 7 heteroatoms. The van der Waals surface area contributed by atoms with Crippen LogP contribution in [-0.2, 0) is 9.53 Å². The van der Waals surface area contributed by atoms with Gasteiger partial charge in [0.05, 0.1) is 11.9 Å². The summed E-state index contributed by atoms with van der Waals surface area (Å²) >= 11 is 1.40. The second-order valence-corrected chi connectivity index (χ2v) is 7.48. The number of rotatable bonds is 6. The Morgan fingerprint density at radius 3 is 2.80 bits per heavy atom. The van der Waals surface area contributed by atoms with Crippen LogP contribution in [0.1, 0.15) is 52.0 Å². The lowest BCUT2D eigenvalue weighted by molar-refractivity contribution is -0.144. The van der Waals surface area contributed by atoms with Crippen molar-refractivity contribution < 1.29 is 9.53 Å². The Labute approximate surface area is 152 Å². The monoisotopic (exact) mass is 360 g/mol. The van der Waals surface area contributed by atoms with Crippen molar-refractivity contribution in [2.24, 2.45) is 0 Å². The first-order valence-corrected chi connectivity index (χ1v) is 9.81. The zero-order valence-electron chi connectivity index (χ0n) is 14.7. The van der Waals surface area contributed by atoms with Gasteiger partial charge in [0.1, 0.15) is 0 Å². The Morgan fingerprint density at radius 1 is 1.32 bits per heavy atom. The molecule has 1 aliphatic carbocycles. The Morgan fingerprint density at radius 2 is 2.12 bits per heavy atom. The standard InChI is InChI=1S/C18H24N4O2S/c1-13(2)24-16(23)12-25-18-21-20-17(14-7-6-10-19-11-14)22(18)15-8-4-3-5-9-15/h6-7,10-11,13,15H,3-5,8-9,12H2,1-2H3. The molecule has 0 aliphatic heterocycles. The fourth-order valence-electron chi connectivity index (χ4n) is 3.16. The van der Waals surface area contributed by atoms with Crippen LogP contribution in [-0.4, -0.2) is 37.6 Å². The molecular weight excluding hydrogens is 336 g/mol. The maximum atomic E-state index is 11.9. The molecule has 0 aromatic carbocycles. The molecule has 6 nitrogen and oxygen atoms in total. The highest BCUT2D eigenvalue weighted by Gasteiger charge is 2.24. The van der Waals surface area contributed by atoms with Crippen LogP contribution in [0.5, 0.6) is 0 Å². The molecule has 3 rings (SSSR count). The molecule has 2 aromatic rings. The number of nitrogens with zero attached hydrogens (tertiary/aromatic N) is 4. The van der Waals surface area contributed by atoms with E-state index in [0.29, 0.717) is 6.04 Å². The van der Waals surface area contributed by atoms with Gasteiger partial charge in [-0.3, -0.25) is 14.3 Å². The van der Waals surface area contributed by atoms with Gasteiger partial charge in [-0.25, -0.2) is 0 Å². The topological polar surface area (TPSA) is 69.9 Å². The maximum Gasteiger partial charge on any atom is 0.316 e. The third kappa shape index (κ3) is 4.60. The van der Waals surface area contributed by atoms with Crippen LogP contribution in [0.3, 0.4) is 0 Å². The summed E-state index contributed by atoms with van der Waals surface area (Å²) in [5.41, 5.74) is 0.956. The number of ether oxygens (including phenoxy) is 1. The molecule has 1 fully saturated rings. The first-order valence-electron chi connectivity index (χ1n) is 8.82. The van der Waals surface area contributed by atoms with Gasteiger partial charge < -0.3 is 4.74 Å². The predicted molar refractivity (Wildman–Crippen MR) is 97.3 cm³/mol. The average molecular weight is 360 g/mol. The minimum Gasteiger partial charge on any atom is -0.462 e. The summed E-state index contributed by atoms with van der Waals surface area (Å²) < 4.78 is 7.42. The van der Waals surface area contributed by atoms with E-state index in [9.17, 15) is 4.79 Å². The summed E-state index contributed by atoms with van der Waals surface area (Å²) in [7, 11) is 0. The highest BCUT2D eigenvalue weighted by molar-refractivity contribution is 7.99. The molecule has 0 unspecified atom stereocenters. The first-order chi connectivity index (χ1) is 12.1. The number of hydrogen-bond acceptors (Lipinski definition) is 6. The lowest BCUT2D eigenvalue weighted by Crippen LogP contribution is -2.17. The number of esters is 1. The quantitative estimate of drug-likeness (QED) is 0.575. The van der Waals surface area contributed by atoms with Crippen LogP contribution < -0.4 is 0 Å².